The lowest BCUT2D eigenvalue weighted by Crippen LogP contribution is -2.14. The van der Waals surface area contributed by atoms with Crippen LogP contribution in [0.4, 0.5) is 0 Å². The van der Waals surface area contributed by atoms with Gasteiger partial charge in [-0.2, -0.15) is 9.97 Å². The molecule has 2 aromatic heterocycles. The Hall–Kier alpha value is -6.85. The molecule has 10 aromatic rings. The highest BCUT2D eigenvalue weighted by Crippen LogP contribution is 2.51. The van der Waals surface area contributed by atoms with Crippen LogP contribution in [0.15, 0.2) is 152 Å². The van der Waals surface area contributed by atoms with Crippen LogP contribution in [0.1, 0.15) is 25.0 Å². The molecule has 5 nitrogen and oxygen atoms in total. The maximum Gasteiger partial charge on any atom is 0.318 e. The van der Waals surface area contributed by atoms with Crippen LogP contribution in [-0.2, 0) is 5.41 Å². The molecule has 1 aliphatic carbocycles. The molecular formula is C48H32N4O. The molecule has 2 heterocycles. The van der Waals surface area contributed by atoms with Crippen LogP contribution >= 0.6 is 0 Å². The van der Waals surface area contributed by atoms with Gasteiger partial charge in [-0.1, -0.05) is 135 Å². The van der Waals surface area contributed by atoms with Gasteiger partial charge in [0.1, 0.15) is 0 Å². The second-order valence-corrected chi connectivity index (χ2v) is 14.6. The Morgan fingerprint density at radius 1 is 0.453 bits per heavy atom. The fraction of sp³-hybridized carbons (Fsp3) is 0.0625. The van der Waals surface area contributed by atoms with Crippen LogP contribution < -0.4 is 0 Å². The summed E-state index contributed by atoms with van der Waals surface area (Å²) in [5.74, 6) is 0.858. The largest absolute Gasteiger partial charge is 0.479 e. The Balaban J connectivity index is 1.23. The van der Waals surface area contributed by atoms with Crippen molar-refractivity contribution in [3.63, 3.8) is 0 Å². The van der Waals surface area contributed by atoms with Gasteiger partial charge in [0.05, 0.1) is 11.0 Å². The lowest BCUT2D eigenvalue weighted by atomic mass is 9.82. The van der Waals surface area contributed by atoms with Crippen molar-refractivity contribution in [3.8, 4) is 45.6 Å². The standard InChI is InChI=1S/C48H32N4O/c1-48(2)40-21-10-8-17-33(40)37-26-38-34-18-9-11-22-42(34)52(43(38)27-41(37)48)29-23-24-32-30-15-6-7-16-31(30)35-19-12-20-36(44(35)39(32)25-29)46-49-45(50-47(53)51-46)28-13-4-3-5-14-28/h3-27H,1-2H3,(H,49,50,51,53). The van der Waals surface area contributed by atoms with Gasteiger partial charge >= 0.3 is 6.01 Å². The van der Waals surface area contributed by atoms with E-state index in [4.69, 9.17) is 4.98 Å². The van der Waals surface area contributed by atoms with E-state index in [0.717, 1.165) is 49.3 Å². The molecule has 0 bridgehead atoms. The van der Waals surface area contributed by atoms with Gasteiger partial charge in [0.25, 0.3) is 0 Å². The summed E-state index contributed by atoms with van der Waals surface area (Å²) >= 11 is 0. The molecule has 0 unspecified atom stereocenters. The summed E-state index contributed by atoms with van der Waals surface area (Å²) in [6.07, 6.45) is 0. The van der Waals surface area contributed by atoms with Gasteiger partial charge in [-0.05, 0) is 79.5 Å². The maximum absolute atomic E-state index is 10.8. The first-order valence-corrected chi connectivity index (χ1v) is 18.0. The zero-order chi connectivity index (χ0) is 35.4. The average molecular weight is 681 g/mol. The van der Waals surface area contributed by atoms with Crippen molar-refractivity contribution in [2.45, 2.75) is 19.3 Å². The van der Waals surface area contributed by atoms with E-state index in [1.807, 2.05) is 30.3 Å². The molecule has 0 saturated heterocycles. The summed E-state index contributed by atoms with van der Waals surface area (Å²) < 4.78 is 2.43. The minimum absolute atomic E-state index is 0.122. The number of hydrogen-bond donors (Lipinski definition) is 1. The Bertz CT molecular complexity index is 3160. The predicted molar refractivity (Wildman–Crippen MR) is 217 cm³/mol. The summed E-state index contributed by atoms with van der Waals surface area (Å²) in [4.78, 5) is 13.8. The average Bonchev–Trinajstić information content (AvgIpc) is 3.64. The van der Waals surface area contributed by atoms with Crippen LogP contribution in [0.5, 0.6) is 6.01 Å². The topological polar surface area (TPSA) is 63.8 Å². The van der Waals surface area contributed by atoms with Gasteiger partial charge in [-0.3, -0.25) is 0 Å². The smallest absolute Gasteiger partial charge is 0.318 e. The highest BCUT2D eigenvalue weighted by Gasteiger charge is 2.36. The first kappa shape index (κ1) is 29.8. The number of benzene rings is 8. The first-order valence-electron chi connectivity index (χ1n) is 18.0. The predicted octanol–water partition coefficient (Wildman–Crippen LogP) is 11.8. The molecule has 0 aliphatic heterocycles. The summed E-state index contributed by atoms with van der Waals surface area (Å²) in [6.45, 7) is 4.68. The molecule has 1 aliphatic rings. The van der Waals surface area contributed by atoms with Crippen LogP contribution in [0.25, 0.3) is 93.7 Å². The maximum atomic E-state index is 10.8. The van der Waals surface area contributed by atoms with Crippen molar-refractivity contribution < 1.29 is 5.11 Å². The fourth-order valence-corrected chi connectivity index (χ4v) is 8.96. The van der Waals surface area contributed by atoms with Gasteiger partial charge in [0.2, 0.25) is 0 Å². The molecule has 0 saturated carbocycles. The van der Waals surface area contributed by atoms with E-state index in [-0.39, 0.29) is 11.4 Å². The molecule has 53 heavy (non-hydrogen) atoms. The van der Waals surface area contributed by atoms with Crippen molar-refractivity contribution in [3.05, 3.63) is 163 Å². The minimum atomic E-state index is -0.306. The Morgan fingerprint density at radius 3 is 1.96 bits per heavy atom. The Morgan fingerprint density at radius 2 is 1.11 bits per heavy atom. The number of aromatic hydroxyl groups is 1. The van der Waals surface area contributed by atoms with E-state index in [1.54, 1.807) is 0 Å². The van der Waals surface area contributed by atoms with Gasteiger partial charge in [-0.25, -0.2) is 4.98 Å². The number of nitrogens with zero attached hydrogens (tertiary/aromatic N) is 4. The number of para-hydroxylation sites is 1. The molecule has 11 rings (SSSR count). The monoisotopic (exact) mass is 680 g/mol. The Kier molecular flexibility index (Phi) is 6.10. The van der Waals surface area contributed by atoms with E-state index in [0.29, 0.717) is 11.6 Å². The Labute approximate surface area is 305 Å². The highest BCUT2D eigenvalue weighted by molar-refractivity contribution is 6.28. The van der Waals surface area contributed by atoms with Crippen LogP contribution in [0.3, 0.4) is 0 Å². The van der Waals surface area contributed by atoms with Crippen LogP contribution in [0, 0.1) is 0 Å². The molecule has 5 heteroatoms. The first-order chi connectivity index (χ1) is 26.0. The zero-order valence-electron chi connectivity index (χ0n) is 29.2. The molecule has 0 spiro atoms. The summed E-state index contributed by atoms with van der Waals surface area (Å²) in [5, 5.41) is 20.0. The fourth-order valence-electron chi connectivity index (χ4n) is 8.96. The summed E-state index contributed by atoms with van der Waals surface area (Å²) in [7, 11) is 0. The van der Waals surface area contributed by atoms with Crippen molar-refractivity contribution in [1.29, 1.82) is 0 Å². The van der Waals surface area contributed by atoms with E-state index in [9.17, 15) is 5.11 Å². The van der Waals surface area contributed by atoms with Crippen molar-refractivity contribution in [2.75, 3.05) is 0 Å². The van der Waals surface area contributed by atoms with E-state index in [2.05, 4.69) is 150 Å². The lowest BCUT2D eigenvalue weighted by Gasteiger charge is -2.21. The normalized spacial score (nSPS) is 13.3. The van der Waals surface area contributed by atoms with E-state index < -0.39 is 0 Å². The number of aromatic nitrogens is 4. The second kappa shape index (κ2) is 10.8. The summed E-state index contributed by atoms with van der Waals surface area (Å²) in [6, 6.07) is 53.5. The zero-order valence-corrected chi connectivity index (χ0v) is 29.2. The molecule has 0 atom stereocenters. The third kappa shape index (κ3) is 4.22. The third-order valence-corrected chi connectivity index (χ3v) is 11.4. The van der Waals surface area contributed by atoms with Gasteiger partial charge in [0.15, 0.2) is 11.6 Å². The third-order valence-electron chi connectivity index (χ3n) is 11.4. The van der Waals surface area contributed by atoms with Crippen molar-refractivity contribution in [1.82, 2.24) is 19.5 Å². The lowest BCUT2D eigenvalue weighted by molar-refractivity contribution is 0.430. The number of hydrogen-bond acceptors (Lipinski definition) is 4. The molecule has 0 fully saturated rings. The molecule has 0 radical (unpaired) electrons. The molecule has 8 aromatic carbocycles. The minimum Gasteiger partial charge on any atom is -0.479 e. The van der Waals surface area contributed by atoms with E-state index >= 15 is 0 Å². The van der Waals surface area contributed by atoms with Gasteiger partial charge < -0.3 is 9.67 Å². The number of fused-ring (bicyclic) bond motifs is 12. The SMILES string of the molecule is CC1(C)c2ccccc2-c2cc3c4ccccc4n(-c4ccc5c6ccccc6c6cccc(-c7nc(O)nc(-c8ccccc8)n7)c6c5c4)c3cc21. The van der Waals surface area contributed by atoms with Crippen molar-refractivity contribution in [2.24, 2.45) is 0 Å². The van der Waals surface area contributed by atoms with Crippen LogP contribution in [0.2, 0.25) is 0 Å². The molecule has 0 amide bonds. The molecule has 250 valence electrons. The summed E-state index contributed by atoms with van der Waals surface area (Å²) in [5.41, 5.74) is 10.3. The molecule has 1 N–H and O–H groups in total. The van der Waals surface area contributed by atoms with Gasteiger partial charge in [-0.15, -0.1) is 0 Å². The molecular weight excluding hydrogens is 649 g/mol. The highest BCUT2D eigenvalue weighted by atomic mass is 16.3. The van der Waals surface area contributed by atoms with E-state index in [1.165, 1.54) is 43.9 Å². The second-order valence-electron chi connectivity index (χ2n) is 14.6. The van der Waals surface area contributed by atoms with Crippen LogP contribution in [-0.4, -0.2) is 24.6 Å². The quantitative estimate of drug-likeness (QED) is 0.189. The van der Waals surface area contributed by atoms with Gasteiger partial charge in [0, 0.05) is 38.4 Å². The van der Waals surface area contributed by atoms with Crippen molar-refractivity contribution >= 4 is 54.1 Å². The number of rotatable bonds is 3.